The molecule has 110 valence electrons. The van der Waals surface area contributed by atoms with Crippen LogP contribution in [0.15, 0.2) is 6.20 Å². The summed E-state index contributed by atoms with van der Waals surface area (Å²) in [6.07, 6.45) is 8.22. The molecule has 2 aliphatic rings. The van der Waals surface area contributed by atoms with E-state index >= 15 is 0 Å². The molecule has 2 aliphatic heterocycles. The molecular formula is C14H24N6. The number of fused-ring (bicyclic) bond motifs is 2. The molecule has 0 amide bonds. The third-order valence-corrected chi connectivity index (χ3v) is 4.78. The molecule has 4 N–H and O–H groups in total. The van der Waals surface area contributed by atoms with Crippen molar-refractivity contribution in [3.05, 3.63) is 11.8 Å². The lowest BCUT2D eigenvalue weighted by molar-refractivity contribution is 0.0608. The SMILES string of the molecule is Cc1cnc(NN)nc1NC1CC2CCCC(C1)N2C. The molecular weight excluding hydrogens is 252 g/mol. The van der Waals surface area contributed by atoms with Crippen molar-refractivity contribution in [2.24, 2.45) is 5.84 Å². The van der Waals surface area contributed by atoms with Gasteiger partial charge in [-0.05, 0) is 39.7 Å². The molecule has 2 fully saturated rings. The summed E-state index contributed by atoms with van der Waals surface area (Å²) in [5.41, 5.74) is 3.57. The third-order valence-electron chi connectivity index (χ3n) is 4.78. The minimum absolute atomic E-state index is 0.464. The molecule has 2 saturated heterocycles. The lowest BCUT2D eigenvalue weighted by Gasteiger charge is -2.47. The summed E-state index contributed by atoms with van der Waals surface area (Å²) in [4.78, 5) is 11.1. The first-order valence-corrected chi connectivity index (χ1v) is 7.46. The predicted molar refractivity (Wildman–Crippen MR) is 80.4 cm³/mol. The number of hydrogen-bond acceptors (Lipinski definition) is 6. The predicted octanol–water partition coefficient (Wildman–Crippen LogP) is 1.50. The van der Waals surface area contributed by atoms with Crippen LogP contribution in [0.2, 0.25) is 0 Å². The Morgan fingerprint density at radius 1 is 1.30 bits per heavy atom. The number of piperidine rings is 2. The summed E-state index contributed by atoms with van der Waals surface area (Å²) in [6, 6.07) is 1.93. The summed E-state index contributed by atoms with van der Waals surface area (Å²) in [5, 5.41) is 3.60. The van der Waals surface area contributed by atoms with E-state index in [1.165, 1.54) is 32.1 Å². The fourth-order valence-corrected chi connectivity index (χ4v) is 3.58. The Morgan fingerprint density at radius 2 is 2.00 bits per heavy atom. The minimum Gasteiger partial charge on any atom is -0.367 e. The van der Waals surface area contributed by atoms with Crippen molar-refractivity contribution in [3.63, 3.8) is 0 Å². The Balaban J connectivity index is 1.72. The van der Waals surface area contributed by atoms with Crippen molar-refractivity contribution >= 4 is 11.8 Å². The molecule has 6 nitrogen and oxygen atoms in total. The third kappa shape index (κ3) is 2.58. The van der Waals surface area contributed by atoms with Crippen molar-refractivity contribution in [1.82, 2.24) is 14.9 Å². The Bertz CT molecular complexity index is 463. The number of hydrogen-bond donors (Lipinski definition) is 3. The van der Waals surface area contributed by atoms with E-state index in [-0.39, 0.29) is 0 Å². The van der Waals surface area contributed by atoms with Crippen LogP contribution in [0.4, 0.5) is 11.8 Å². The van der Waals surface area contributed by atoms with Gasteiger partial charge in [-0.15, -0.1) is 0 Å². The van der Waals surface area contributed by atoms with Crippen LogP contribution in [-0.2, 0) is 0 Å². The van der Waals surface area contributed by atoms with E-state index in [0.29, 0.717) is 24.1 Å². The molecule has 3 rings (SSSR count). The molecule has 1 aromatic heterocycles. The standard InChI is InChI=1S/C14H24N6/c1-9-8-16-14(19-15)18-13(9)17-10-6-11-4-3-5-12(7-10)20(11)2/h8,10-12H,3-7,15H2,1-2H3,(H2,16,17,18,19). The molecule has 2 unspecified atom stereocenters. The van der Waals surface area contributed by atoms with Crippen LogP contribution in [0.25, 0.3) is 0 Å². The van der Waals surface area contributed by atoms with Crippen molar-refractivity contribution in [2.45, 2.75) is 57.2 Å². The van der Waals surface area contributed by atoms with Crippen LogP contribution >= 0.6 is 0 Å². The summed E-state index contributed by atoms with van der Waals surface area (Å²) >= 11 is 0. The van der Waals surface area contributed by atoms with E-state index in [1.807, 2.05) is 6.92 Å². The zero-order valence-corrected chi connectivity index (χ0v) is 12.3. The number of nitrogens with zero attached hydrogens (tertiary/aromatic N) is 3. The lowest BCUT2D eigenvalue weighted by Crippen LogP contribution is -2.52. The Hall–Kier alpha value is -1.40. The fraction of sp³-hybridized carbons (Fsp3) is 0.714. The van der Waals surface area contributed by atoms with Gasteiger partial charge in [0.1, 0.15) is 5.82 Å². The second kappa shape index (κ2) is 5.54. The van der Waals surface area contributed by atoms with Gasteiger partial charge in [0.15, 0.2) is 0 Å². The van der Waals surface area contributed by atoms with Crippen LogP contribution in [0.1, 0.15) is 37.7 Å². The molecule has 2 bridgehead atoms. The molecule has 3 heterocycles. The van der Waals surface area contributed by atoms with Gasteiger partial charge < -0.3 is 10.2 Å². The first-order valence-electron chi connectivity index (χ1n) is 7.46. The number of rotatable bonds is 3. The molecule has 2 atom stereocenters. The van der Waals surface area contributed by atoms with E-state index in [9.17, 15) is 0 Å². The molecule has 1 aromatic rings. The molecule has 0 saturated carbocycles. The monoisotopic (exact) mass is 276 g/mol. The summed E-state index contributed by atoms with van der Waals surface area (Å²) in [6.45, 7) is 2.03. The lowest BCUT2D eigenvalue weighted by atomic mass is 9.82. The summed E-state index contributed by atoms with van der Waals surface area (Å²) in [7, 11) is 2.27. The van der Waals surface area contributed by atoms with E-state index in [2.05, 4.69) is 32.7 Å². The van der Waals surface area contributed by atoms with Crippen LogP contribution in [-0.4, -0.2) is 40.0 Å². The average molecular weight is 276 g/mol. The maximum Gasteiger partial charge on any atom is 0.239 e. The van der Waals surface area contributed by atoms with Gasteiger partial charge in [0.2, 0.25) is 5.95 Å². The Labute approximate surface area is 120 Å². The molecule has 6 heteroatoms. The summed E-state index contributed by atoms with van der Waals surface area (Å²) in [5.74, 6) is 6.75. The maximum atomic E-state index is 5.39. The number of nitrogens with one attached hydrogen (secondary N) is 2. The first-order chi connectivity index (χ1) is 9.67. The van der Waals surface area contributed by atoms with E-state index in [4.69, 9.17) is 5.84 Å². The van der Waals surface area contributed by atoms with Crippen molar-refractivity contribution in [1.29, 1.82) is 0 Å². The molecule has 0 aromatic carbocycles. The second-order valence-corrected chi connectivity index (χ2v) is 6.09. The highest BCUT2D eigenvalue weighted by Crippen LogP contribution is 2.34. The smallest absolute Gasteiger partial charge is 0.239 e. The number of nitrogen functional groups attached to an aromatic ring is 1. The van der Waals surface area contributed by atoms with Gasteiger partial charge in [0.25, 0.3) is 0 Å². The summed E-state index contributed by atoms with van der Waals surface area (Å²) < 4.78 is 0. The van der Waals surface area contributed by atoms with Gasteiger partial charge >= 0.3 is 0 Å². The van der Waals surface area contributed by atoms with Gasteiger partial charge in [0.05, 0.1) is 0 Å². The van der Waals surface area contributed by atoms with Crippen LogP contribution in [0.5, 0.6) is 0 Å². The Morgan fingerprint density at radius 3 is 2.65 bits per heavy atom. The van der Waals surface area contributed by atoms with Crippen LogP contribution in [0.3, 0.4) is 0 Å². The van der Waals surface area contributed by atoms with Crippen LogP contribution in [0, 0.1) is 6.92 Å². The topological polar surface area (TPSA) is 79.1 Å². The highest BCUT2D eigenvalue weighted by molar-refractivity contribution is 5.47. The first kappa shape index (κ1) is 13.6. The quantitative estimate of drug-likeness (QED) is 0.573. The van der Waals surface area contributed by atoms with E-state index < -0.39 is 0 Å². The van der Waals surface area contributed by atoms with Gasteiger partial charge in [0, 0.05) is 29.9 Å². The zero-order valence-electron chi connectivity index (χ0n) is 12.3. The van der Waals surface area contributed by atoms with Crippen LogP contribution < -0.4 is 16.6 Å². The normalized spacial score (nSPS) is 30.1. The zero-order chi connectivity index (χ0) is 14.1. The molecule has 0 spiro atoms. The molecule has 0 radical (unpaired) electrons. The number of aromatic nitrogens is 2. The maximum absolute atomic E-state index is 5.39. The fourth-order valence-electron chi connectivity index (χ4n) is 3.58. The highest BCUT2D eigenvalue weighted by atomic mass is 15.3. The van der Waals surface area contributed by atoms with Gasteiger partial charge in [-0.25, -0.2) is 10.8 Å². The van der Waals surface area contributed by atoms with Crippen molar-refractivity contribution in [2.75, 3.05) is 17.8 Å². The number of hydrazine groups is 1. The number of nitrogens with two attached hydrogens (primary N) is 1. The van der Waals surface area contributed by atoms with Crippen molar-refractivity contribution in [3.8, 4) is 0 Å². The molecule has 20 heavy (non-hydrogen) atoms. The minimum atomic E-state index is 0.464. The molecule has 0 aliphatic carbocycles. The van der Waals surface area contributed by atoms with Gasteiger partial charge in [-0.1, -0.05) is 6.42 Å². The van der Waals surface area contributed by atoms with Gasteiger partial charge in [-0.3, -0.25) is 5.43 Å². The van der Waals surface area contributed by atoms with Gasteiger partial charge in [-0.2, -0.15) is 4.98 Å². The number of aryl methyl sites for hydroxylation is 1. The van der Waals surface area contributed by atoms with E-state index in [0.717, 1.165) is 11.4 Å². The van der Waals surface area contributed by atoms with Crippen molar-refractivity contribution < 1.29 is 0 Å². The average Bonchev–Trinajstić information content (AvgIpc) is 2.42. The second-order valence-electron chi connectivity index (χ2n) is 6.09. The number of anilines is 2. The Kier molecular flexibility index (Phi) is 3.76. The highest BCUT2D eigenvalue weighted by Gasteiger charge is 2.36. The van der Waals surface area contributed by atoms with E-state index in [1.54, 1.807) is 6.20 Å². The largest absolute Gasteiger partial charge is 0.367 e.